The monoisotopic (exact) mass is 288 g/mol. The second-order valence-electron chi connectivity index (χ2n) is 4.55. The summed E-state index contributed by atoms with van der Waals surface area (Å²) in [6.07, 6.45) is 0. The Balaban J connectivity index is 2.15. The highest BCUT2D eigenvalue weighted by Gasteiger charge is 2.12. The van der Waals surface area contributed by atoms with Gasteiger partial charge in [0.25, 0.3) is 0 Å². The summed E-state index contributed by atoms with van der Waals surface area (Å²) in [6, 6.07) is 9.06. The van der Waals surface area contributed by atoms with Gasteiger partial charge < -0.3 is 14.9 Å². The summed E-state index contributed by atoms with van der Waals surface area (Å²) in [6.45, 7) is 1.94. The highest BCUT2D eigenvalue weighted by molar-refractivity contribution is 6.32. The van der Waals surface area contributed by atoms with Crippen LogP contribution >= 0.6 is 11.6 Å². The number of oxazole rings is 1. The van der Waals surface area contributed by atoms with E-state index in [9.17, 15) is 0 Å². The molecule has 0 spiro atoms. The quantitative estimate of drug-likeness (QED) is 0.723. The van der Waals surface area contributed by atoms with Crippen molar-refractivity contribution in [2.75, 3.05) is 12.8 Å². The minimum Gasteiger partial charge on any atom is -0.495 e. The number of benzene rings is 2. The van der Waals surface area contributed by atoms with Crippen molar-refractivity contribution < 1.29 is 9.15 Å². The molecule has 0 unspecified atom stereocenters. The number of aryl methyl sites for hydroxylation is 1. The van der Waals surface area contributed by atoms with Crippen molar-refractivity contribution in [3.8, 4) is 17.2 Å². The van der Waals surface area contributed by atoms with Crippen LogP contribution in [0.5, 0.6) is 5.75 Å². The molecule has 3 rings (SSSR count). The number of ether oxygens (including phenoxy) is 1. The van der Waals surface area contributed by atoms with Crippen LogP contribution in [0.25, 0.3) is 22.6 Å². The highest BCUT2D eigenvalue weighted by atomic mass is 35.5. The van der Waals surface area contributed by atoms with Crippen LogP contribution in [0.3, 0.4) is 0 Å². The minimum absolute atomic E-state index is 0.512. The van der Waals surface area contributed by atoms with Crippen molar-refractivity contribution in [1.82, 2.24) is 4.98 Å². The molecule has 0 amide bonds. The Hall–Kier alpha value is -2.20. The van der Waals surface area contributed by atoms with Gasteiger partial charge in [-0.3, -0.25) is 0 Å². The standard InChI is InChI=1S/C15H13ClN2O2/c1-8-5-10(17)7-12-14(8)20-15(18-12)9-3-4-13(19-2)11(16)6-9/h3-7H,17H2,1-2H3. The number of fused-ring (bicyclic) bond motifs is 1. The second-order valence-corrected chi connectivity index (χ2v) is 4.96. The molecular formula is C15H13ClN2O2. The molecule has 0 aliphatic carbocycles. The molecule has 0 aliphatic heterocycles. The number of nitrogens with zero attached hydrogens (tertiary/aromatic N) is 1. The van der Waals surface area contributed by atoms with E-state index in [1.807, 2.05) is 19.1 Å². The number of halogens is 1. The number of anilines is 1. The average Bonchev–Trinajstić information content (AvgIpc) is 2.82. The minimum atomic E-state index is 0.512. The molecule has 0 aliphatic rings. The van der Waals surface area contributed by atoms with E-state index in [1.165, 1.54) is 0 Å². The number of aromatic nitrogens is 1. The molecule has 20 heavy (non-hydrogen) atoms. The molecule has 2 N–H and O–H groups in total. The Labute approximate surface area is 121 Å². The lowest BCUT2D eigenvalue weighted by Gasteiger charge is -2.03. The first kappa shape index (κ1) is 12.8. The van der Waals surface area contributed by atoms with Gasteiger partial charge in [0.1, 0.15) is 11.3 Å². The maximum atomic E-state index is 6.12. The van der Waals surface area contributed by atoms with E-state index in [0.29, 0.717) is 22.4 Å². The van der Waals surface area contributed by atoms with Gasteiger partial charge in [0.15, 0.2) is 5.58 Å². The third-order valence-electron chi connectivity index (χ3n) is 3.10. The number of nitrogen functional groups attached to an aromatic ring is 1. The molecule has 0 radical (unpaired) electrons. The van der Waals surface area contributed by atoms with Gasteiger partial charge in [-0.2, -0.15) is 0 Å². The zero-order chi connectivity index (χ0) is 14.3. The zero-order valence-corrected chi connectivity index (χ0v) is 11.9. The van der Waals surface area contributed by atoms with Crippen molar-refractivity contribution in [1.29, 1.82) is 0 Å². The predicted octanol–water partition coefficient (Wildman–Crippen LogP) is 4.05. The molecule has 0 fully saturated rings. The van der Waals surface area contributed by atoms with Crippen LogP contribution < -0.4 is 10.5 Å². The van der Waals surface area contributed by atoms with Crippen molar-refractivity contribution in [2.45, 2.75) is 6.92 Å². The summed E-state index contributed by atoms with van der Waals surface area (Å²) in [5.41, 5.74) is 9.71. The SMILES string of the molecule is COc1ccc(-c2nc3cc(N)cc(C)c3o2)cc1Cl. The normalized spacial score (nSPS) is 10.9. The third kappa shape index (κ3) is 2.08. The van der Waals surface area contributed by atoms with Gasteiger partial charge in [-0.1, -0.05) is 11.6 Å². The lowest BCUT2D eigenvalue weighted by molar-refractivity contribution is 0.415. The summed E-state index contributed by atoms with van der Waals surface area (Å²) < 4.78 is 10.9. The predicted molar refractivity (Wildman–Crippen MR) is 80.2 cm³/mol. The summed E-state index contributed by atoms with van der Waals surface area (Å²) in [7, 11) is 1.58. The van der Waals surface area contributed by atoms with Crippen molar-refractivity contribution in [3.05, 3.63) is 40.9 Å². The van der Waals surface area contributed by atoms with Crippen LogP contribution in [-0.4, -0.2) is 12.1 Å². The Kier molecular flexibility index (Phi) is 3.03. The maximum absolute atomic E-state index is 6.12. The van der Waals surface area contributed by atoms with E-state index >= 15 is 0 Å². The Morgan fingerprint density at radius 3 is 2.75 bits per heavy atom. The molecule has 2 aromatic carbocycles. The second kappa shape index (κ2) is 4.72. The number of methoxy groups -OCH3 is 1. The fraction of sp³-hybridized carbons (Fsp3) is 0.133. The molecule has 0 bridgehead atoms. The van der Waals surface area contributed by atoms with E-state index in [2.05, 4.69) is 4.98 Å². The van der Waals surface area contributed by atoms with Crippen LogP contribution in [0.2, 0.25) is 5.02 Å². The zero-order valence-electron chi connectivity index (χ0n) is 11.1. The Bertz CT molecular complexity index is 796. The van der Waals surface area contributed by atoms with Crippen molar-refractivity contribution in [2.24, 2.45) is 0 Å². The molecule has 5 heteroatoms. The first-order valence-corrected chi connectivity index (χ1v) is 6.47. The van der Waals surface area contributed by atoms with Crippen LogP contribution in [0.4, 0.5) is 5.69 Å². The van der Waals surface area contributed by atoms with E-state index in [-0.39, 0.29) is 0 Å². The molecular weight excluding hydrogens is 276 g/mol. The van der Waals surface area contributed by atoms with Gasteiger partial charge in [-0.15, -0.1) is 0 Å². The average molecular weight is 289 g/mol. The number of rotatable bonds is 2. The molecule has 0 saturated carbocycles. The van der Waals surface area contributed by atoms with E-state index in [1.54, 1.807) is 25.3 Å². The summed E-state index contributed by atoms with van der Waals surface area (Å²) in [5.74, 6) is 1.13. The molecule has 102 valence electrons. The summed E-state index contributed by atoms with van der Waals surface area (Å²) >= 11 is 6.12. The van der Waals surface area contributed by atoms with Crippen LogP contribution in [0.1, 0.15) is 5.56 Å². The number of hydrogen-bond acceptors (Lipinski definition) is 4. The maximum Gasteiger partial charge on any atom is 0.227 e. The van der Waals surface area contributed by atoms with Crippen molar-refractivity contribution in [3.63, 3.8) is 0 Å². The number of nitrogens with two attached hydrogens (primary N) is 1. The molecule has 1 aromatic heterocycles. The van der Waals surface area contributed by atoms with Crippen LogP contribution in [0, 0.1) is 6.92 Å². The third-order valence-corrected chi connectivity index (χ3v) is 3.39. The molecule has 3 aromatic rings. The summed E-state index contributed by atoms with van der Waals surface area (Å²) in [5, 5.41) is 0.517. The smallest absolute Gasteiger partial charge is 0.227 e. The van der Waals surface area contributed by atoms with Gasteiger partial charge in [-0.25, -0.2) is 4.98 Å². The van der Waals surface area contributed by atoms with E-state index < -0.39 is 0 Å². The first-order valence-electron chi connectivity index (χ1n) is 6.09. The number of hydrogen-bond donors (Lipinski definition) is 1. The highest BCUT2D eigenvalue weighted by Crippen LogP contribution is 2.32. The molecule has 0 atom stereocenters. The van der Waals surface area contributed by atoms with E-state index in [4.69, 9.17) is 26.5 Å². The van der Waals surface area contributed by atoms with E-state index in [0.717, 1.165) is 22.2 Å². The largest absolute Gasteiger partial charge is 0.495 e. The van der Waals surface area contributed by atoms with Crippen LogP contribution in [0.15, 0.2) is 34.7 Å². The van der Waals surface area contributed by atoms with Crippen LogP contribution in [-0.2, 0) is 0 Å². The first-order chi connectivity index (χ1) is 9.58. The summed E-state index contributed by atoms with van der Waals surface area (Å²) in [4.78, 5) is 4.46. The fourth-order valence-corrected chi connectivity index (χ4v) is 2.41. The van der Waals surface area contributed by atoms with Gasteiger partial charge in [0.05, 0.1) is 12.1 Å². The Morgan fingerprint density at radius 1 is 1.25 bits per heavy atom. The molecule has 0 saturated heterocycles. The van der Waals surface area contributed by atoms with Gasteiger partial charge in [0, 0.05) is 11.3 Å². The van der Waals surface area contributed by atoms with Crippen molar-refractivity contribution >= 4 is 28.4 Å². The lowest BCUT2D eigenvalue weighted by atomic mass is 10.2. The Morgan fingerprint density at radius 2 is 2.05 bits per heavy atom. The molecule has 4 nitrogen and oxygen atoms in total. The van der Waals surface area contributed by atoms with Gasteiger partial charge in [-0.05, 0) is 42.8 Å². The molecule has 1 heterocycles. The van der Waals surface area contributed by atoms with Gasteiger partial charge >= 0.3 is 0 Å². The lowest BCUT2D eigenvalue weighted by Crippen LogP contribution is -1.85. The fourth-order valence-electron chi connectivity index (χ4n) is 2.15. The topological polar surface area (TPSA) is 61.3 Å². The van der Waals surface area contributed by atoms with Gasteiger partial charge in [0.2, 0.25) is 5.89 Å².